The van der Waals surface area contributed by atoms with Gasteiger partial charge in [-0.1, -0.05) is 0 Å². The van der Waals surface area contributed by atoms with Gasteiger partial charge in [0.1, 0.15) is 5.52 Å². The summed E-state index contributed by atoms with van der Waals surface area (Å²) in [4.78, 5) is 31.7. The van der Waals surface area contributed by atoms with Crippen LogP contribution in [0.3, 0.4) is 0 Å². The molecule has 10 heteroatoms. The number of aromatic nitrogens is 2. The summed E-state index contributed by atoms with van der Waals surface area (Å²) in [6, 6.07) is 4.71. The molecule has 0 amide bonds. The maximum absolute atomic E-state index is 13.6. The van der Waals surface area contributed by atoms with Crippen molar-refractivity contribution in [3.8, 4) is 0 Å². The van der Waals surface area contributed by atoms with Crippen LogP contribution >= 0.6 is 0 Å². The molecule has 1 aromatic carbocycles. The van der Waals surface area contributed by atoms with Crippen molar-refractivity contribution in [3.05, 3.63) is 40.3 Å². The summed E-state index contributed by atoms with van der Waals surface area (Å²) in [6.07, 6.45) is 4.99. The minimum absolute atomic E-state index is 0.00661. The number of nitrogens with zero attached hydrogens (tertiary/aromatic N) is 2. The molecular formula is C21H24N4O5S. The molecule has 164 valence electrons. The van der Waals surface area contributed by atoms with E-state index in [-0.39, 0.29) is 33.4 Å². The number of likely N-dealkylation sites (N-methyl/N-ethyl adjacent to an activating group) is 1. The molecule has 0 bridgehead atoms. The first-order valence-electron chi connectivity index (χ1n) is 10.4. The quantitative estimate of drug-likeness (QED) is 0.533. The van der Waals surface area contributed by atoms with Crippen molar-refractivity contribution in [2.45, 2.75) is 42.7 Å². The molecule has 1 saturated heterocycles. The fourth-order valence-corrected chi connectivity index (χ4v) is 6.34. The Labute approximate surface area is 178 Å². The van der Waals surface area contributed by atoms with Crippen LogP contribution in [0.5, 0.6) is 0 Å². The van der Waals surface area contributed by atoms with Crippen molar-refractivity contribution in [1.82, 2.24) is 19.2 Å². The first-order chi connectivity index (χ1) is 14.8. The molecule has 0 unspecified atom stereocenters. The molecule has 2 fully saturated rings. The minimum Gasteiger partial charge on any atom is -0.478 e. The number of fused-ring (bicyclic) bond motifs is 3. The summed E-state index contributed by atoms with van der Waals surface area (Å²) in [6.45, 7) is 1.42. The molecule has 3 heterocycles. The molecule has 2 aromatic heterocycles. The highest BCUT2D eigenvalue weighted by atomic mass is 32.2. The lowest BCUT2D eigenvalue weighted by Gasteiger charge is -2.28. The Hall–Kier alpha value is -2.69. The number of H-pyrrole nitrogens is 2. The second-order valence-electron chi connectivity index (χ2n) is 8.50. The Bertz CT molecular complexity index is 1360. The molecule has 3 N–H and O–H groups in total. The molecule has 2 aliphatic rings. The van der Waals surface area contributed by atoms with Gasteiger partial charge in [0.25, 0.3) is 5.56 Å². The summed E-state index contributed by atoms with van der Waals surface area (Å²) in [5.41, 5.74) is -0.000104. The normalized spacial score (nSPS) is 20.3. The van der Waals surface area contributed by atoms with E-state index in [1.54, 1.807) is 4.31 Å². The van der Waals surface area contributed by atoms with Gasteiger partial charge in [-0.2, -0.15) is 4.31 Å². The number of hydrogen-bond donors (Lipinski definition) is 3. The number of nitrogens with one attached hydrogen (secondary N) is 2. The molecule has 1 aliphatic carbocycles. The number of aromatic carboxylic acids is 1. The van der Waals surface area contributed by atoms with Gasteiger partial charge in [-0.25, -0.2) is 13.2 Å². The van der Waals surface area contributed by atoms with E-state index in [9.17, 15) is 23.1 Å². The van der Waals surface area contributed by atoms with Gasteiger partial charge in [0.05, 0.1) is 10.5 Å². The molecule has 1 saturated carbocycles. The van der Waals surface area contributed by atoms with Crippen molar-refractivity contribution in [1.29, 1.82) is 0 Å². The average Bonchev–Trinajstić information content (AvgIpc) is 3.31. The van der Waals surface area contributed by atoms with Crippen molar-refractivity contribution in [2.24, 2.45) is 0 Å². The van der Waals surface area contributed by atoms with Gasteiger partial charge < -0.3 is 20.0 Å². The second-order valence-corrected chi connectivity index (χ2v) is 10.4. The van der Waals surface area contributed by atoms with E-state index in [1.165, 1.54) is 24.4 Å². The van der Waals surface area contributed by atoms with Crippen LogP contribution in [0, 0.1) is 0 Å². The SMILES string of the molecule is CN1CCC[C@H]1CN(C1CC1)S(=O)(=O)c1ccc2[nH]c(=O)c3[nH]cc(C(=O)O)c3c2c1. The van der Waals surface area contributed by atoms with Crippen molar-refractivity contribution >= 4 is 37.8 Å². The number of aromatic amines is 2. The Balaban J connectivity index is 1.64. The van der Waals surface area contributed by atoms with Gasteiger partial charge in [0.2, 0.25) is 10.0 Å². The zero-order valence-electron chi connectivity index (χ0n) is 17.1. The third-order valence-corrected chi connectivity index (χ3v) is 8.38. The Morgan fingerprint density at radius 1 is 1.29 bits per heavy atom. The molecule has 3 aromatic rings. The molecule has 9 nitrogen and oxygen atoms in total. The molecular weight excluding hydrogens is 420 g/mol. The zero-order chi connectivity index (χ0) is 21.9. The highest BCUT2D eigenvalue weighted by molar-refractivity contribution is 7.89. The van der Waals surface area contributed by atoms with Crippen molar-refractivity contribution in [2.75, 3.05) is 20.1 Å². The van der Waals surface area contributed by atoms with Crippen LogP contribution in [-0.2, 0) is 10.0 Å². The third-order valence-electron chi connectivity index (χ3n) is 6.47. The van der Waals surface area contributed by atoms with Crippen LogP contribution in [0.2, 0.25) is 0 Å². The van der Waals surface area contributed by atoms with E-state index in [2.05, 4.69) is 14.9 Å². The Morgan fingerprint density at radius 3 is 2.71 bits per heavy atom. The minimum atomic E-state index is -3.78. The van der Waals surface area contributed by atoms with Crippen LogP contribution in [-0.4, -0.2) is 70.9 Å². The molecule has 31 heavy (non-hydrogen) atoms. The molecule has 0 radical (unpaired) electrons. The molecule has 0 spiro atoms. The maximum Gasteiger partial charge on any atom is 0.337 e. The summed E-state index contributed by atoms with van der Waals surface area (Å²) in [5, 5.41) is 10.2. The number of pyridine rings is 1. The van der Waals surface area contributed by atoms with Gasteiger partial charge in [0.15, 0.2) is 0 Å². The van der Waals surface area contributed by atoms with E-state index >= 15 is 0 Å². The standard InChI is InChI=1S/C21H24N4O5S/c1-24-8-2-3-13(24)11-25(12-4-5-12)31(29,30)14-6-7-17-15(9-14)18-16(21(27)28)10-22-19(18)20(26)23-17/h6-7,9-10,12-13,22H,2-5,8,11H2,1H3,(H,23,26)(H,27,28)/t13-/m0/s1. The summed E-state index contributed by atoms with van der Waals surface area (Å²) in [7, 11) is -1.75. The van der Waals surface area contributed by atoms with Gasteiger partial charge >= 0.3 is 5.97 Å². The number of carboxylic acids is 1. The average molecular weight is 445 g/mol. The maximum atomic E-state index is 13.6. The molecule has 1 aliphatic heterocycles. The lowest BCUT2D eigenvalue weighted by molar-refractivity contribution is 0.0699. The summed E-state index contributed by atoms with van der Waals surface area (Å²) >= 11 is 0. The van der Waals surface area contributed by atoms with E-state index in [0.29, 0.717) is 17.4 Å². The van der Waals surface area contributed by atoms with Gasteiger partial charge in [-0.3, -0.25) is 4.79 Å². The third kappa shape index (κ3) is 3.35. The van der Waals surface area contributed by atoms with Crippen LogP contribution in [0.25, 0.3) is 21.8 Å². The van der Waals surface area contributed by atoms with E-state index in [4.69, 9.17) is 0 Å². The Kier molecular flexibility index (Phi) is 4.68. The highest BCUT2D eigenvalue weighted by Gasteiger charge is 2.40. The van der Waals surface area contributed by atoms with Gasteiger partial charge in [-0.15, -0.1) is 0 Å². The fraction of sp³-hybridized carbons (Fsp3) is 0.429. The first kappa shape index (κ1) is 20.2. The number of carbonyl (C=O) groups is 1. The number of hydrogen-bond acceptors (Lipinski definition) is 5. The predicted molar refractivity (Wildman–Crippen MR) is 116 cm³/mol. The van der Waals surface area contributed by atoms with Gasteiger partial charge in [-0.05, 0) is 57.5 Å². The van der Waals surface area contributed by atoms with Crippen LogP contribution in [0.4, 0.5) is 0 Å². The Morgan fingerprint density at radius 2 is 2.06 bits per heavy atom. The number of carboxylic acid groups (broad SMARTS) is 1. The number of benzene rings is 1. The molecule has 1 atom stereocenters. The smallest absolute Gasteiger partial charge is 0.337 e. The molecule has 5 rings (SSSR count). The zero-order valence-corrected chi connectivity index (χ0v) is 17.9. The predicted octanol–water partition coefficient (Wildman–Crippen LogP) is 1.95. The number of likely N-dealkylation sites (tertiary alicyclic amines) is 1. The lowest BCUT2D eigenvalue weighted by atomic mass is 10.1. The first-order valence-corrected chi connectivity index (χ1v) is 11.8. The lowest BCUT2D eigenvalue weighted by Crippen LogP contribution is -2.42. The van der Waals surface area contributed by atoms with E-state index in [0.717, 1.165) is 32.2 Å². The van der Waals surface area contributed by atoms with E-state index < -0.39 is 21.6 Å². The van der Waals surface area contributed by atoms with Gasteiger partial charge in [0, 0.05) is 41.1 Å². The fourth-order valence-electron chi connectivity index (χ4n) is 4.59. The summed E-state index contributed by atoms with van der Waals surface area (Å²) < 4.78 is 28.9. The second kappa shape index (κ2) is 7.18. The van der Waals surface area contributed by atoms with Crippen molar-refractivity contribution in [3.63, 3.8) is 0 Å². The monoisotopic (exact) mass is 444 g/mol. The van der Waals surface area contributed by atoms with Crippen molar-refractivity contribution < 1.29 is 18.3 Å². The number of rotatable bonds is 6. The largest absolute Gasteiger partial charge is 0.478 e. The van der Waals surface area contributed by atoms with Crippen LogP contribution in [0.15, 0.2) is 34.1 Å². The topological polar surface area (TPSA) is 127 Å². The number of sulfonamides is 1. The highest BCUT2D eigenvalue weighted by Crippen LogP contribution is 2.35. The van der Waals surface area contributed by atoms with Crippen LogP contribution < -0.4 is 5.56 Å². The summed E-state index contributed by atoms with van der Waals surface area (Å²) in [5.74, 6) is -1.18. The van der Waals surface area contributed by atoms with E-state index in [1.807, 2.05) is 7.05 Å². The van der Waals surface area contributed by atoms with Crippen LogP contribution in [0.1, 0.15) is 36.0 Å².